The third-order valence-electron chi connectivity index (χ3n) is 4.29. The van der Waals surface area contributed by atoms with Crippen LogP contribution < -0.4 is 15.4 Å². The zero-order valence-corrected chi connectivity index (χ0v) is 16.1. The quantitative estimate of drug-likeness (QED) is 0.613. The fourth-order valence-electron chi connectivity index (χ4n) is 2.73. The van der Waals surface area contributed by atoms with Crippen LogP contribution in [0.15, 0.2) is 72.8 Å². The second kappa shape index (κ2) is 8.84. The maximum Gasteiger partial charge on any atom is 0.255 e. The van der Waals surface area contributed by atoms with Gasteiger partial charge in [-0.2, -0.15) is 0 Å². The number of rotatable bonds is 6. The minimum absolute atomic E-state index is 0.0773. The first-order valence-electron chi connectivity index (χ1n) is 8.94. The fourth-order valence-corrected chi connectivity index (χ4v) is 2.73. The van der Waals surface area contributed by atoms with Gasteiger partial charge in [-0.1, -0.05) is 24.3 Å². The molecule has 0 fully saturated rings. The van der Waals surface area contributed by atoms with E-state index in [9.17, 15) is 14.4 Å². The van der Waals surface area contributed by atoms with Gasteiger partial charge in [0.1, 0.15) is 5.75 Å². The summed E-state index contributed by atoms with van der Waals surface area (Å²) in [5.41, 5.74) is 2.41. The van der Waals surface area contributed by atoms with Gasteiger partial charge in [0.05, 0.1) is 12.8 Å². The second-order valence-corrected chi connectivity index (χ2v) is 6.32. The van der Waals surface area contributed by atoms with Gasteiger partial charge in [0.2, 0.25) is 0 Å². The molecular weight excluding hydrogens is 368 g/mol. The summed E-state index contributed by atoms with van der Waals surface area (Å²) in [7, 11) is 1.53. The van der Waals surface area contributed by atoms with E-state index in [0.29, 0.717) is 33.8 Å². The molecule has 0 saturated heterocycles. The number of amides is 2. The number of carbonyl (C=O) groups is 3. The molecule has 0 aliphatic carbocycles. The smallest absolute Gasteiger partial charge is 0.255 e. The summed E-state index contributed by atoms with van der Waals surface area (Å²) in [6.45, 7) is 1.47. The minimum Gasteiger partial charge on any atom is -0.495 e. The van der Waals surface area contributed by atoms with E-state index in [1.54, 1.807) is 66.7 Å². The van der Waals surface area contributed by atoms with Crippen molar-refractivity contribution in [2.45, 2.75) is 6.92 Å². The summed E-state index contributed by atoms with van der Waals surface area (Å²) in [6.07, 6.45) is 0. The average molecular weight is 388 g/mol. The molecule has 0 radical (unpaired) electrons. The molecular formula is C23H20N2O4. The van der Waals surface area contributed by atoms with Crippen LogP contribution in [0.2, 0.25) is 0 Å². The Kier molecular flexibility index (Phi) is 6.04. The van der Waals surface area contributed by atoms with Gasteiger partial charge < -0.3 is 15.4 Å². The third-order valence-corrected chi connectivity index (χ3v) is 4.29. The number of ketones is 1. The summed E-state index contributed by atoms with van der Waals surface area (Å²) < 4.78 is 5.22. The average Bonchev–Trinajstić information content (AvgIpc) is 2.74. The molecule has 3 aromatic carbocycles. The number of methoxy groups -OCH3 is 1. The third kappa shape index (κ3) is 4.87. The number of hydrogen-bond donors (Lipinski definition) is 2. The Balaban J connectivity index is 1.69. The number of benzene rings is 3. The summed E-state index contributed by atoms with van der Waals surface area (Å²) in [6, 6.07) is 20.1. The molecule has 6 nitrogen and oxygen atoms in total. The SMILES string of the molecule is COc1ccccc1NC(=O)c1ccc(C(=O)Nc2cccc(C(C)=O)c2)cc1. The van der Waals surface area contributed by atoms with E-state index in [-0.39, 0.29) is 17.6 Å². The van der Waals surface area contributed by atoms with Crippen LogP contribution in [0.4, 0.5) is 11.4 Å². The number of nitrogens with one attached hydrogen (secondary N) is 2. The van der Waals surface area contributed by atoms with Crippen molar-refractivity contribution >= 4 is 29.0 Å². The molecule has 3 aromatic rings. The predicted molar refractivity (Wildman–Crippen MR) is 112 cm³/mol. The monoisotopic (exact) mass is 388 g/mol. The van der Waals surface area contributed by atoms with E-state index in [1.165, 1.54) is 14.0 Å². The summed E-state index contributed by atoms with van der Waals surface area (Å²) >= 11 is 0. The van der Waals surface area contributed by atoms with Crippen LogP contribution >= 0.6 is 0 Å². The normalized spacial score (nSPS) is 10.1. The van der Waals surface area contributed by atoms with Gasteiger partial charge >= 0.3 is 0 Å². The molecule has 0 aliphatic rings. The highest BCUT2D eigenvalue weighted by molar-refractivity contribution is 6.08. The Morgan fingerprint density at radius 1 is 0.724 bits per heavy atom. The highest BCUT2D eigenvalue weighted by Gasteiger charge is 2.12. The summed E-state index contributed by atoms with van der Waals surface area (Å²) in [5.74, 6) is -0.158. The molecule has 3 rings (SSSR count). The molecule has 0 spiro atoms. The second-order valence-electron chi connectivity index (χ2n) is 6.32. The van der Waals surface area contributed by atoms with Crippen LogP contribution in [0, 0.1) is 0 Å². The largest absolute Gasteiger partial charge is 0.495 e. The molecule has 29 heavy (non-hydrogen) atoms. The van der Waals surface area contributed by atoms with Crippen molar-refractivity contribution in [1.82, 2.24) is 0 Å². The Morgan fingerprint density at radius 2 is 1.34 bits per heavy atom. The van der Waals surface area contributed by atoms with Gasteiger partial charge in [-0.15, -0.1) is 0 Å². The van der Waals surface area contributed by atoms with Crippen molar-refractivity contribution in [3.05, 3.63) is 89.5 Å². The number of hydrogen-bond acceptors (Lipinski definition) is 4. The first-order chi connectivity index (χ1) is 14.0. The molecule has 0 saturated carbocycles. The topological polar surface area (TPSA) is 84.5 Å². The molecule has 6 heteroatoms. The molecule has 0 bridgehead atoms. The Morgan fingerprint density at radius 3 is 1.97 bits per heavy atom. The van der Waals surface area contributed by atoms with Crippen LogP contribution in [0.3, 0.4) is 0 Å². The van der Waals surface area contributed by atoms with Crippen LogP contribution in [0.5, 0.6) is 5.75 Å². The maximum absolute atomic E-state index is 12.5. The van der Waals surface area contributed by atoms with Crippen molar-refractivity contribution in [2.75, 3.05) is 17.7 Å². The van der Waals surface area contributed by atoms with Gasteiger partial charge in [-0.3, -0.25) is 14.4 Å². The lowest BCUT2D eigenvalue weighted by Crippen LogP contribution is -2.15. The Labute approximate surface area is 168 Å². The van der Waals surface area contributed by atoms with E-state index < -0.39 is 0 Å². The highest BCUT2D eigenvalue weighted by atomic mass is 16.5. The molecule has 0 aromatic heterocycles. The van der Waals surface area contributed by atoms with Crippen LogP contribution in [0.25, 0.3) is 0 Å². The predicted octanol–water partition coefficient (Wildman–Crippen LogP) is 4.40. The van der Waals surface area contributed by atoms with Crippen molar-refractivity contribution in [3.8, 4) is 5.75 Å². The number of carbonyl (C=O) groups excluding carboxylic acids is 3. The van der Waals surface area contributed by atoms with Gasteiger partial charge in [-0.25, -0.2) is 0 Å². The standard InChI is InChI=1S/C23H20N2O4/c1-15(26)18-6-5-7-19(14-18)24-22(27)16-10-12-17(13-11-16)23(28)25-20-8-3-4-9-21(20)29-2/h3-14H,1-2H3,(H,24,27)(H,25,28). The number of para-hydroxylation sites is 2. The fraction of sp³-hybridized carbons (Fsp3) is 0.0870. The minimum atomic E-state index is -0.331. The number of anilines is 2. The maximum atomic E-state index is 12.5. The van der Waals surface area contributed by atoms with Gasteiger partial charge in [0.25, 0.3) is 11.8 Å². The van der Waals surface area contributed by atoms with Crippen molar-refractivity contribution in [1.29, 1.82) is 0 Å². The van der Waals surface area contributed by atoms with E-state index >= 15 is 0 Å². The Bertz CT molecular complexity index is 1060. The molecule has 2 amide bonds. The van der Waals surface area contributed by atoms with E-state index in [2.05, 4.69) is 10.6 Å². The lowest BCUT2D eigenvalue weighted by molar-refractivity contribution is 0.101. The van der Waals surface area contributed by atoms with E-state index in [1.807, 2.05) is 6.07 Å². The first kappa shape index (κ1) is 19.8. The van der Waals surface area contributed by atoms with E-state index in [0.717, 1.165) is 0 Å². The van der Waals surface area contributed by atoms with E-state index in [4.69, 9.17) is 4.74 Å². The molecule has 0 heterocycles. The van der Waals surface area contributed by atoms with Crippen molar-refractivity contribution < 1.29 is 19.1 Å². The van der Waals surface area contributed by atoms with Crippen molar-refractivity contribution in [3.63, 3.8) is 0 Å². The summed E-state index contributed by atoms with van der Waals surface area (Å²) in [4.78, 5) is 36.4. The highest BCUT2D eigenvalue weighted by Crippen LogP contribution is 2.23. The number of ether oxygens (including phenoxy) is 1. The molecule has 0 aliphatic heterocycles. The Hall–Kier alpha value is -3.93. The van der Waals surface area contributed by atoms with Gasteiger partial charge in [0, 0.05) is 22.4 Å². The zero-order chi connectivity index (χ0) is 20.8. The molecule has 2 N–H and O–H groups in total. The van der Waals surface area contributed by atoms with Crippen LogP contribution in [-0.4, -0.2) is 24.7 Å². The molecule has 0 atom stereocenters. The summed E-state index contributed by atoms with van der Waals surface area (Å²) in [5, 5.41) is 5.54. The van der Waals surface area contributed by atoms with Crippen LogP contribution in [0.1, 0.15) is 38.0 Å². The molecule has 0 unspecified atom stereocenters. The lowest BCUT2D eigenvalue weighted by atomic mass is 10.1. The number of Topliss-reactive ketones (excluding diaryl/α,β-unsaturated/α-hetero) is 1. The van der Waals surface area contributed by atoms with Crippen molar-refractivity contribution in [2.24, 2.45) is 0 Å². The first-order valence-corrected chi connectivity index (χ1v) is 8.94. The lowest BCUT2D eigenvalue weighted by Gasteiger charge is -2.10. The zero-order valence-electron chi connectivity index (χ0n) is 16.1. The van der Waals surface area contributed by atoms with Crippen LogP contribution in [-0.2, 0) is 0 Å². The van der Waals surface area contributed by atoms with Gasteiger partial charge in [-0.05, 0) is 55.5 Å². The van der Waals surface area contributed by atoms with Gasteiger partial charge in [0.15, 0.2) is 5.78 Å². The molecule has 146 valence electrons.